The van der Waals surface area contributed by atoms with Crippen LogP contribution in [0.15, 0.2) is 28.8 Å². The number of rotatable bonds is 2. The van der Waals surface area contributed by atoms with Crippen LogP contribution in [-0.2, 0) is 20.0 Å². The maximum Gasteiger partial charge on any atom is 0.279 e. The van der Waals surface area contributed by atoms with Crippen LogP contribution in [0.2, 0.25) is 0 Å². The summed E-state index contributed by atoms with van der Waals surface area (Å²) in [6, 6.07) is 6.12. The molecular formula is C15H14FN5O. The molecule has 112 valence electrons. The Hall–Kier alpha value is -2.54. The van der Waals surface area contributed by atoms with Crippen molar-refractivity contribution in [2.75, 3.05) is 6.54 Å². The van der Waals surface area contributed by atoms with Crippen LogP contribution in [0.3, 0.4) is 0 Å². The Morgan fingerprint density at radius 3 is 3.14 bits per heavy atom. The highest BCUT2D eigenvalue weighted by atomic mass is 19.1. The van der Waals surface area contributed by atoms with E-state index in [0.29, 0.717) is 23.0 Å². The van der Waals surface area contributed by atoms with E-state index in [2.05, 4.69) is 20.6 Å². The van der Waals surface area contributed by atoms with E-state index in [1.165, 1.54) is 17.8 Å². The van der Waals surface area contributed by atoms with Crippen LogP contribution in [0.25, 0.3) is 23.0 Å². The zero-order chi connectivity index (χ0) is 15.1. The van der Waals surface area contributed by atoms with Gasteiger partial charge in [0, 0.05) is 43.4 Å². The lowest BCUT2D eigenvalue weighted by atomic mass is 10.1. The number of aromatic nitrogens is 4. The monoisotopic (exact) mass is 299 g/mol. The first kappa shape index (κ1) is 13.1. The van der Waals surface area contributed by atoms with Crippen molar-refractivity contribution in [1.82, 2.24) is 25.2 Å². The number of nitrogens with one attached hydrogen (secondary N) is 1. The van der Waals surface area contributed by atoms with Crippen LogP contribution >= 0.6 is 0 Å². The minimum Gasteiger partial charge on any atom is -0.332 e. The van der Waals surface area contributed by atoms with Gasteiger partial charge in [0.2, 0.25) is 5.82 Å². The second-order valence-corrected chi connectivity index (χ2v) is 5.26. The molecule has 0 amide bonds. The molecule has 4 rings (SSSR count). The Bertz CT molecular complexity index is 838. The van der Waals surface area contributed by atoms with E-state index in [1.54, 1.807) is 12.1 Å². The molecule has 0 unspecified atom stereocenters. The van der Waals surface area contributed by atoms with Gasteiger partial charge in [-0.05, 0) is 12.1 Å². The molecule has 0 spiro atoms. The molecule has 0 bridgehead atoms. The molecule has 0 aliphatic carbocycles. The third-order valence-electron chi connectivity index (χ3n) is 3.83. The van der Waals surface area contributed by atoms with Crippen molar-refractivity contribution in [2.24, 2.45) is 7.05 Å². The molecule has 2 aromatic heterocycles. The van der Waals surface area contributed by atoms with Crippen LogP contribution in [0, 0.1) is 5.82 Å². The molecule has 6 nitrogen and oxygen atoms in total. The van der Waals surface area contributed by atoms with Gasteiger partial charge >= 0.3 is 0 Å². The van der Waals surface area contributed by atoms with Crippen molar-refractivity contribution >= 4 is 0 Å². The van der Waals surface area contributed by atoms with Crippen molar-refractivity contribution in [3.63, 3.8) is 0 Å². The zero-order valence-electron chi connectivity index (χ0n) is 12.0. The summed E-state index contributed by atoms with van der Waals surface area (Å²) in [6.07, 6.45) is 0.920. The van der Waals surface area contributed by atoms with Gasteiger partial charge in [-0.3, -0.25) is 4.68 Å². The van der Waals surface area contributed by atoms with E-state index in [-0.39, 0.29) is 5.82 Å². The topological polar surface area (TPSA) is 68.8 Å². The van der Waals surface area contributed by atoms with Crippen molar-refractivity contribution in [1.29, 1.82) is 0 Å². The summed E-state index contributed by atoms with van der Waals surface area (Å²) < 4.78 is 20.5. The lowest BCUT2D eigenvalue weighted by molar-refractivity contribution is 0.430. The van der Waals surface area contributed by atoms with Crippen LogP contribution in [0.4, 0.5) is 4.39 Å². The first-order valence-corrected chi connectivity index (χ1v) is 7.08. The first-order valence-electron chi connectivity index (χ1n) is 7.08. The van der Waals surface area contributed by atoms with Crippen LogP contribution in [0.5, 0.6) is 0 Å². The van der Waals surface area contributed by atoms with Crippen molar-refractivity contribution < 1.29 is 8.91 Å². The van der Waals surface area contributed by atoms with Gasteiger partial charge in [-0.25, -0.2) is 4.39 Å². The Kier molecular flexibility index (Phi) is 3.00. The zero-order valence-corrected chi connectivity index (χ0v) is 12.0. The summed E-state index contributed by atoms with van der Waals surface area (Å²) in [5, 5.41) is 11.8. The highest BCUT2D eigenvalue weighted by molar-refractivity contribution is 5.60. The Labute approximate surface area is 126 Å². The van der Waals surface area contributed by atoms with Gasteiger partial charge < -0.3 is 9.84 Å². The van der Waals surface area contributed by atoms with E-state index in [0.717, 1.165) is 25.1 Å². The molecule has 0 saturated carbocycles. The number of hydrogen-bond donors (Lipinski definition) is 1. The summed E-state index contributed by atoms with van der Waals surface area (Å²) in [7, 11) is 1.91. The molecule has 7 heteroatoms. The third kappa shape index (κ3) is 2.10. The molecule has 0 fully saturated rings. The van der Waals surface area contributed by atoms with E-state index < -0.39 is 0 Å². The normalized spacial score (nSPS) is 14.1. The molecule has 1 N–H and O–H groups in total. The van der Waals surface area contributed by atoms with Gasteiger partial charge in [-0.1, -0.05) is 17.3 Å². The van der Waals surface area contributed by atoms with Crippen molar-refractivity contribution in [2.45, 2.75) is 13.0 Å². The van der Waals surface area contributed by atoms with Gasteiger partial charge in [0.05, 0.1) is 0 Å². The number of benzene rings is 1. The quantitative estimate of drug-likeness (QED) is 0.783. The summed E-state index contributed by atoms with van der Waals surface area (Å²) in [5.41, 5.74) is 3.54. The fourth-order valence-electron chi connectivity index (χ4n) is 2.76. The second kappa shape index (κ2) is 5.03. The van der Waals surface area contributed by atoms with Gasteiger partial charge in [0.25, 0.3) is 5.89 Å². The smallest absolute Gasteiger partial charge is 0.279 e. The predicted octanol–water partition coefficient (Wildman–Crippen LogP) is 1.92. The number of nitrogens with zero attached hydrogens (tertiary/aromatic N) is 4. The Balaban J connectivity index is 1.76. The average Bonchev–Trinajstić information content (AvgIpc) is 3.13. The summed E-state index contributed by atoms with van der Waals surface area (Å²) in [4.78, 5) is 4.37. The standard InChI is InChI=1S/C15H14FN5O/c1-21-12-5-6-17-8-11(12)13(19-21)15-18-14(20-22-15)9-3-2-4-10(16)7-9/h2-4,7,17H,5-6,8H2,1H3. The van der Waals surface area contributed by atoms with E-state index in [1.807, 2.05) is 11.7 Å². The highest BCUT2D eigenvalue weighted by Crippen LogP contribution is 2.27. The molecule has 1 aromatic carbocycles. The maximum atomic E-state index is 13.3. The Morgan fingerprint density at radius 1 is 1.36 bits per heavy atom. The number of fused-ring (bicyclic) bond motifs is 1. The number of halogens is 1. The second-order valence-electron chi connectivity index (χ2n) is 5.26. The lowest BCUT2D eigenvalue weighted by Gasteiger charge is -2.13. The van der Waals surface area contributed by atoms with Crippen molar-refractivity contribution in [3.05, 3.63) is 41.3 Å². The molecule has 1 aliphatic rings. The third-order valence-corrected chi connectivity index (χ3v) is 3.83. The van der Waals surface area contributed by atoms with Gasteiger partial charge in [-0.2, -0.15) is 10.1 Å². The minimum atomic E-state index is -0.330. The largest absolute Gasteiger partial charge is 0.332 e. The van der Waals surface area contributed by atoms with Crippen LogP contribution in [0.1, 0.15) is 11.3 Å². The van der Waals surface area contributed by atoms with Crippen molar-refractivity contribution in [3.8, 4) is 23.0 Å². The average molecular weight is 299 g/mol. The molecule has 22 heavy (non-hydrogen) atoms. The van der Waals surface area contributed by atoms with Crippen LogP contribution < -0.4 is 5.32 Å². The van der Waals surface area contributed by atoms with E-state index >= 15 is 0 Å². The fraction of sp³-hybridized carbons (Fsp3) is 0.267. The summed E-state index contributed by atoms with van der Waals surface area (Å²) in [6.45, 7) is 1.67. The van der Waals surface area contributed by atoms with E-state index in [9.17, 15) is 4.39 Å². The molecule has 3 heterocycles. The highest BCUT2D eigenvalue weighted by Gasteiger charge is 2.24. The fourth-order valence-corrected chi connectivity index (χ4v) is 2.76. The maximum absolute atomic E-state index is 13.3. The minimum absolute atomic E-state index is 0.330. The summed E-state index contributed by atoms with van der Waals surface area (Å²) >= 11 is 0. The van der Waals surface area contributed by atoms with Gasteiger partial charge in [0.1, 0.15) is 5.82 Å². The molecule has 1 aliphatic heterocycles. The molecule has 3 aromatic rings. The van der Waals surface area contributed by atoms with Gasteiger partial charge in [0.15, 0.2) is 5.69 Å². The number of hydrogen-bond acceptors (Lipinski definition) is 5. The molecular weight excluding hydrogens is 285 g/mol. The molecule has 0 atom stereocenters. The van der Waals surface area contributed by atoms with Gasteiger partial charge in [-0.15, -0.1) is 0 Å². The summed E-state index contributed by atoms with van der Waals surface area (Å²) in [5.74, 6) is 0.390. The van der Waals surface area contributed by atoms with Crippen LogP contribution in [-0.4, -0.2) is 26.5 Å². The Morgan fingerprint density at radius 2 is 2.27 bits per heavy atom. The molecule has 0 radical (unpaired) electrons. The number of aryl methyl sites for hydroxylation is 1. The van der Waals surface area contributed by atoms with E-state index in [4.69, 9.17) is 4.52 Å². The SMILES string of the molecule is Cn1nc(-c2nc(-c3cccc(F)c3)no2)c2c1CCNC2. The lowest BCUT2D eigenvalue weighted by Crippen LogP contribution is -2.24. The predicted molar refractivity (Wildman–Crippen MR) is 77.3 cm³/mol. The molecule has 0 saturated heterocycles. The first-order chi connectivity index (χ1) is 10.7.